The summed E-state index contributed by atoms with van der Waals surface area (Å²) in [6, 6.07) is 14.0. The topological polar surface area (TPSA) is 97.9 Å². The SMILES string of the molecule is COc1ccc(OCC(=O)NNC(=S)NC(=O)C=Cc2ccccc2OC)cc1. The lowest BCUT2D eigenvalue weighted by atomic mass is 10.2. The van der Waals surface area contributed by atoms with Gasteiger partial charge in [0.2, 0.25) is 5.91 Å². The normalized spacial score (nSPS) is 10.1. The van der Waals surface area contributed by atoms with Crippen LogP contribution in [0, 0.1) is 0 Å². The van der Waals surface area contributed by atoms with E-state index >= 15 is 0 Å². The molecule has 0 unspecified atom stereocenters. The van der Waals surface area contributed by atoms with E-state index in [2.05, 4.69) is 16.2 Å². The van der Waals surface area contributed by atoms with E-state index in [1.165, 1.54) is 6.08 Å². The van der Waals surface area contributed by atoms with Gasteiger partial charge in [-0.2, -0.15) is 0 Å². The maximum Gasteiger partial charge on any atom is 0.276 e. The molecule has 0 saturated carbocycles. The first-order chi connectivity index (χ1) is 14.0. The molecule has 0 bridgehead atoms. The lowest BCUT2D eigenvalue weighted by molar-refractivity contribution is -0.123. The Bertz CT molecular complexity index is 884. The molecule has 0 aliphatic rings. The quantitative estimate of drug-likeness (QED) is 0.360. The molecule has 152 valence electrons. The van der Waals surface area contributed by atoms with E-state index < -0.39 is 11.8 Å². The number of thiocarbonyl (C=S) groups is 1. The predicted molar refractivity (Wildman–Crippen MR) is 113 cm³/mol. The predicted octanol–water partition coefficient (Wildman–Crippen LogP) is 1.82. The van der Waals surface area contributed by atoms with Gasteiger partial charge in [0.1, 0.15) is 17.2 Å². The van der Waals surface area contributed by atoms with Gasteiger partial charge in [0.05, 0.1) is 14.2 Å². The van der Waals surface area contributed by atoms with E-state index in [0.717, 1.165) is 5.56 Å². The van der Waals surface area contributed by atoms with Crippen molar-refractivity contribution in [3.63, 3.8) is 0 Å². The average molecular weight is 415 g/mol. The van der Waals surface area contributed by atoms with Gasteiger partial charge >= 0.3 is 0 Å². The van der Waals surface area contributed by atoms with Crippen molar-refractivity contribution < 1.29 is 23.8 Å². The molecule has 2 aromatic carbocycles. The lowest BCUT2D eigenvalue weighted by Crippen LogP contribution is -2.49. The largest absolute Gasteiger partial charge is 0.497 e. The Kier molecular flexibility index (Phi) is 8.46. The van der Waals surface area contributed by atoms with Gasteiger partial charge in [-0.25, -0.2) is 0 Å². The Balaban J connectivity index is 1.71. The minimum atomic E-state index is -0.470. The van der Waals surface area contributed by atoms with Crippen molar-refractivity contribution in [3.8, 4) is 17.2 Å². The van der Waals surface area contributed by atoms with Crippen molar-refractivity contribution in [3.05, 3.63) is 60.2 Å². The van der Waals surface area contributed by atoms with E-state index in [4.69, 9.17) is 26.4 Å². The van der Waals surface area contributed by atoms with Crippen LogP contribution in [0.2, 0.25) is 0 Å². The summed E-state index contributed by atoms with van der Waals surface area (Å²) in [5.74, 6) is 0.906. The van der Waals surface area contributed by atoms with Crippen LogP contribution in [0.1, 0.15) is 5.56 Å². The second kappa shape index (κ2) is 11.3. The number of rotatable bonds is 7. The summed E-state index contributed by atoms with van der Waals surface area (Å²) in [6.45, 7) is -0.233. The fourth-order valence-electron chi connectivity index (χ4n) is 2.14. The van der Waals surface area contributed by atoms with Gasteiger partial charge < -0.3 is 14.2 Å². The number of benzene rings is 2. The minimum Gasteiger partial charge on any atom is -0.497 e. The van der Waals surface area contributed by atoms with E-state index in [1.54, 1.807) is 50.6 Å². The zero-order valence-corrected chi connectivity index (χ0v) is 16.7. The number of hydrogen-bond acceptors (Lipinski definition) is 6. The van der Waals surface area contributed by atoms with Crippen LogP contribution in [-0.4, -0.2) is 37.8 Å². The molecule has 0 aliphatic carbocycles. The summed E-state index contributed by atoms with van der Waals surface area (Å²) < 4.78 is 15.6. The second-order valence-corrected chi connectivity index (χ2v) is 5.94. The molecule has 0 spiro atoms. The third-order valence-electron chi connectivity index (χ3n) is 3.53. The van der Waals surface area contributed by atoms with Gasteiger partial charge in [-0.3, -0.25) is 25.8 Å². The summed E-state index contributed by atoms with van der Waals surface area (Å²) in [6.07, 6.45) is 2.90. The molecular formula is C20H21N3O5S. The fraction of sp³-hybridized carbons (Fsp3) is 0.150. The summed E-state index contributed by atoms with van der Waals surface area (Å²) in [5, 5.41) is 2.36. The molecule has 0 radical (unpaired) electrons. The van der Waals surface area contributed by atoms with Crippen LogP contribution in [0.15, 0.2) is 54.6 Å². The molecule has 0 heterocycles. The number of hydrogen-bond donors (Lipinski definition) is 3. The highest BCUT2D eigenvalue weighted by atomic mass is 32.1. The number of ether oxygens (including phenoxy) is 3. The molecule has 0 atom stereocenters. The molecule has 9 heteroatoms. The Hall–Kier alpha value is -3.59. The van der Waals surface area contributed by atoms with Crippen molar-refractivity contribution in [2.75, 3.05) is 20.8 Å². The van der Waals surface area contributed by atoms with E-state index in [0.29, 0.717) is 17.2 Å². The highest BCUT2D eigenvalue weighted by molar-refractivity contribution is 7.80. The van der Waals surface area contributed by atoms with Gasteiger partial charge in [0, 0.05) is 11.6 Å². The molecule has 0 saturated heterocycles. The average Bonchev–Trinajstić information content (AvgIpc) is 2.75. The summed E-state index contributed by atoms with van der Waals surface area (Å²) in [5.41, 5.74) is 5.51. The summed E-state index contributed by atoms with van der Waals surface area (Å²) >= 11 is 4.96. The Morgan fingerprint density at radius 2 is 1.66 bits per heavy atom. The number of para-hydroxylation sites is 1. The van der Waals surface area contributed by atoms with Crippen LogP contribution in [0.4, 0.5) is 0 Å². The van der Waals surface area contributed by atoms with Crippen molar-refractivity contribution in [2.24, 2.45) is 0 Å². The Labute approximate surface area is 173 Å². The first-order valence-electron chi connectivity index (χ1n) is 8.49. The molecule has 2 amide bonds. The van der Waals surface area contributed by atoms with Crippen LogP contribution in [0.25, 0.3) is 6.08 Å². The summed E-state index contributed by atoms with van der Waals surface area (Å²) in [7, 11) is 3.11. The smallest absolute Gasteiger partial charge is 0.276 e. The van der Waals surface area contributed by atoms with E-state index in [9.17, 15) is 9.59 Å². The van der Waals surface area contributed by atoms with Crippen LogP contribution >= 0.6 is 12.2 Å². The van der Waals surface area contributed by atoms with Crippen LogP contribution in [0.3, 0.4) is 0 Å². The molecule has 2 aromatic rings. The number of methoxy groups -OCH3 is 2. The zero-order chi connectivity index (χ0) is 21.1. The number of nitrogens with one attached hydrogen (secondary N) is 3. The highest BCUT2D eigenvalue weighted by Crippen LogP contribution is 2.18. The molecule has 0 aliphatic heterocycles. The molecule has 2 rings (SSSR count). The number of carbonyl (C=O) groups is 2. The maximum absolute atomic E-state index is 11.9. The number of carbonyl (C=O) groups excluding carboxylic acids is 2. The van der Waals surface area contributed by atoms with Crippen molar-refractivity contribution in [1.82, 2.24) is 16.2 Å². The maximum atomic E-state index is 11.9. The van der Waals surface area contributed by atoms with Gasteiger partial charge in [0.25, 0.3) is 5.91 Å². The fourth-order valence-corrected chi connectivity index (χ4v) is 2.29. The third kappa shape index (κ3) is 7.51. The number of hydrazine groups is 1. The first-order valence-corrected chi connectivity index (χ1v) is 8.90. The molecule has 29 heavy (non-hydrogen) atoms. The molecular weight excluding hydrogens is 394 g/mol. The molecule has 0 aromatic heterocycles. The van der Waals surface area contributed by atoms with E-state index in [1.807, 2.05) is 18.2 Å². The van der Waals surface area contributed by atoms with Crippen molar-refractivity contribution in [1.29, 1.82) is 0 Å². The van der Waals surface area contributed by atoms with Crippen molar-refractivity contribution in [2.45, 2.75) is 0 Å². The Morgan fingerprint density at radius 3 is 2.34 bits per heavy atom. The van der Waals surface area contributed by atoms with E-state index in [-0.39, 0.29) is 11.7 Å². The van der Waals surface area contributed by atoms with Crippen LogP contribution in [-0.2, 0) is 9.59 Å². The van der Waals surface area contributed by atoms with Gasteiger partial charge in [-0.1, -0.05) is 18.2 Å². The zero-order valence-electron chi connectivity index (χ0n) is 15.9. The minimum absolute atomic E-state index is 0.0579. The monoisotopic (exact) mass is 415 g/mol. The van der Waals surface area contributed by atoms with Crippen LogP contribution < -0.4 is 30.4 Å². The highest BCUT2D eigenvalue weighted by Gasteiger charge is 2.06. The first kappa shape index (κ1) is 21.7. The molecule has 3 N–H and O–H groups in total. The Morgan fingerprint density at radius 1 is 0.966 bits per heavy atom. The summed E-state index contributed by atoms with van der Waals surface area (Å²) in [4.78, 5) is 23.7. The van der Waals surface area contributed by atoms with Crippen LogP contribution in [0.5, 0.6) is 17.2 Å². The molecule has 8 nitrogen and oxygen atoms in total. The third-order valence-corrected chi connectivity index (χ3v) is 3.74. The van der Waals surface area contributed by atoms with Crippen molar-refractivity contribution >= 4 is 35.2 Å². The second-order valence-electron chi connectivity index (χ2n) is 5.53. The molecule has 0 fully saturated rings. The van der Waals surface area contributed by atoms with Gasteiger partial charge in [-0.05, 0) is 48.6 Å². The van der Waals surface area contributed by atoms with Gasteiger partial charge in [-0.15, -0.1) is 0 Å². The van der Waals surface area contributed by atoms with Gasteiger partial charge in [0.15, 0.2) is 11.7 Å². The lowest BCUT2D eigenvalue weighted by Gasteiger charge is -2.11. The number of amides is 2. The standard InChI is InChI=1S/C20H21N3O5S/c1-26-15-8-10-16(11-9-15)28-13-19(25)22-23-20(29)21-18(24)12-7-14-5-3-4-6-17(14)27-2/h3-12H,13H2,1-2H3,(H,22,25)(H2,21,23,24,29).